The summed E-state index contributed by atoms with van der Waals surface area (Å²) in [6, 6.07) is 4.43. The molecule has 0 bridgehead atoms. The first kappa shape index (κ1) is 16.9. The molecule has 0 fully saturated rings. The van der Waals surface area contributed by atoms with Crippen LogP contribution in [0.4, 0.5) is 4.39 Å². The zero-order valence-electron chi connectivity index (χ0n) is 12.8. The van der Waals surface area contributed by atoms with E-state index in [9.17, 15) is 12.8 Å². The van der Waals surface area contributed by atoms with Gasteiger partial charge in [0, 0.05) is 29.7 Å². The van der Waals surface area contributed by atoms with E-state index in [2.05, 4.69) is 14.9 Å². The van der Waals surface area contributed by atoms with Crippen molar-refractivity contribution in [1.29, 1.82) is 0 Å². The molecule has 3 aromatic rings. The summed E-state index contributed by atoms with van der Waals surface area (Å²) in [5.74, 6) is -0.181. The number of aromatic nitrogens is 2. The number of fused-ring (bicyclic) bond motifs is 1. The lowest BCUT2D eigenvalue weighted by Crippen LogP contribution is -2.27. The van der Waals surface area contributed by atoms with Crippen LogP contribution in [0.5, 0.6) is 0 Å². The molecule has 0 aliphatic rings. The number of nitrogens with one attached hydrogen (secondary N) is 2. The molecule has 2 aromatic heterocycles. The Morgan fingerprint density at radius 3 is 2.88 bits per heavy atom. The normalized spacial score (nSPS) is 12.1. The van der Waals surface area contributed by atoms with Crippen LogP contribution in [0.2, 0.25) is 5.02 Å². The van der Waals surface area contributed by atoms with Crippen molar-refractivity contribution in [2.75, 3.05) is 6.54 Å². The van der Waals surface area contributed by atoms with Crippen molar-refractivity contribution in [3.63, 3.8) is 0 Å². The molecular weight excluding hydrogens is 357 g/mol. The summed E-state index contributed by atoms with van der Waals surface area (Å²) in [6.45, 7) is 1.91. The highest BCUT2D eigenvalue weighted by atomic mass is 35.5. The second-order valence-corrected chi connectivity index (χ2v) is 7.67. The predicted octanol–water partition coefficient (Wildman–Crippen LogP) is 2.92. The van der Waals surface area contributed by atoms with Gasteiger partial charge in [0.1, 0.15) is 23.0 Å². The summed E-state index contributed by atoms with van der Waals surface area (Å²) in [4.78, 5) is 2.95. The van der Waals surface area contributed by atoms with Gasteiger partial charge in [-0.2, -0.15) is 0 Å². The van der Waals surface area contributed by atoms with Crippen LogP contribution in [0.1, 0.15) is 17.0 Å². The zero-order valence-corrected chi connectivity index (χ0v) is 14.3. The molecule has 0 unspecified atom stereocenters. The number of hydrogen-bond acceptors (Lipinski definition) is 4. The Hall–Kier alpha value is -1.90. The lowest BCUT2D eigenvalue weighted by molar-refractivity contribution is 0.392. The van der Waals surface area contributed by atoms with Crippen molar-refractivity contribution in [3.8, 4) is 0 Å². The maximum atomic E-state index is 13.4. The standard InChI is InChI=1S/C15H15ClFN3O3S/c1-9-4-11(20-23-9)8-24(21,22)19-3-2-10-7-18-15-6-14(17)13(16)5-12(10)15/h4-7,18-19H,2-3,8H2,1H3. The van der Waals surface area contributed by atoms with E-state index < -0.39 is 15.8 Å². The van der Waals surface area contributed by atoms with E-state index in [4.69, 9.17) is 16.1 Å². The van der Waals surface area contributed by atoms with Crippen LogP contribution in [0.25, 0.3) is 10.9 Å². The van der Waals surface area contributed by atoms with Gasteiger partial charge in [-0.25, -0.2) is 17.5 Å². The van der Waals surface area contributed by atoms with Crippen LogP contribution in [-0.4, -0.2) is 25.1 Å². The molecule has 2 N–H and O–H groups in total. The Labute approximate surface area is 143 Å². The van der Waals surface area contributed by atoms with E-state index in [1.165, 1.54) is 12.1 Å². The summed E-state index contributed by atoms with van der Waals surface area (Å²) >= 11 is 5.80. The Morgan fingerprint density at radius 2 is 2.17 bits per heavy atom. The molecule has 6 nitrogen and oxygen atoms in total. The highest BCUT2D eigenvalue weighted by Crippen LogP contribution is 2.25. The number of aromatic amines is 1. The fourth-order valence-electron chi connectivity index (χ4n) is 2.45. The Balaban J connectivity index is 1.65. The Bertz CT molecular complexity index is 981. The number of hydrogen-bond donors (Lipinski definition) is 2. The van der Waals surface area contributed by atoms with Gasteiger partial charge in [0.2, 0.25) is 10.0 Å². The Kier molecular flexibility index (Phi) is 4.62. The molecule has 0 radical (unpaired) electrons. The Morgan fingerprint density at radius 1 is 1.38 bits per heavy atom. The lowest BCUT2D eigenvalue weighted by atomic mass is 10.1. The number of aryl methyl sites for hydroxylation is 1. The quantitative estimate of drug-likeness (QED) is 0.697. The van der Waals surface area contributed by atoms with E-state index in [-0.39, 0.29) is 17.3 Å². The van der Waals surface area contributed by atoms with Gasteiger partial charge < -0.3 is 9.51 Å². The maximum Gasteiger partial charge on any atom is 0.217 e. The molecule has 3 rings (SSSR count). The molecular formula is C15H15ClFN3O3S. The van der Waals surface area contributed by atoms with Crippen molar-refractivity contribution >= 4 is 32.5 Å². The van der Waals surface area contributed by atoms with Gasteiger partial charge in [-0.05, 0) is 31.0 Å². The molecule has 9 heteroatoms. The van der Waals surface area contributed by atoms with Crippen LogP contribution >= 0.6 is 11.6 Å². The highest BCUT2D eigenvalue weighted by Gasteiger charge is 2.15. The molecule has 24 heavy (non-hydrogen) atoms. The molecule has 0 atom stereocenters. The first-order chi connectivity index (χ1) is 11.3. The topological polar surface area (TPSA) is 88.0 Å². The number of nitrogens with zero attached hydrogens (tertiary/aromatic N) is 1. The average Bonchev–Trinajstić information content (AvgIpc) is 3.06. The van der Waals surface area contributed by atoms with Gasteiger partial charge >= 0.3 is 0 Å². The lowest BCUT2D eigenvalue weighted by Gasteiger charge is -2.05. The fraction of sp³-hybridized carbons (Fsp3) is 0.267. The molecule has 0 spiro atoms. The number of sulfonamides is 1. The van der Waals surface area contributed by atoms with Crippen LogP contribution in [0.3, 0.4) is 0 Å². The third-order valence-electron chi connectivity index (χ3n) is 3.54. The van der Waals surface area contributed by atoms with Crippen LogP contribution < -0.4 is 4.72 Å². The number of H-pyrrole nitrogens is 1. The van der Waals surface area contributed by atoms with Crippen LogP contribution in [0.15, 0.2) is 28.9 Å². The minimum absolute atomic E-state index is 0.0327. The third kappa shape index (κ3) is 3.77. The van der Waals surface area contributed by atoms with Crippen LogP contribution in [-0.2, 0) is 22.2 Å². The first-order valence-corrected chi connectivity index (χ1v) is 9.21. The molecule has 0 aliphatic carbocycles. The van der Waals surface area contributed by atoms with Crippen molar-refractivity contribution in [2.24, 2.45) is 0 Å². The fourth-order valence-corrected chi connectivity index (χ4v) is 3.66. The molecule has 0 amide bonds. The summed E-state index contributed by atoms with van der Waals surface area (Å²) in [6.07, 6.45) is 2.16. The van der Waals surface area contributed by atoms with Gasteiger partial charge in [-0.1, -0.05) is 16.8 Å². The van der Waals surface area contributed by atoms with Gasteiger partial charge in [0.15, 0.2) is 0 Å². The van der Waals surface area contributed by atoms with Gasteiger partial charge in [0.05, 0.1) is 5.02 Å². The van der Waals surface area contributed by atoms with E-state index >= 15 is 0 Å². The predicted molar refractivity (Wildman–Crippen MR) is 88.8 cm³/mol. The number of rotatable bonds is 6. The molecule has 1 aromatic carbocycles. The van der Waals surface area contributed by atoms with E-state index in [1.807, 2.05) is 0 Å². The smallest absolute Gasteiger partial charge is 0.217 e. The first-order valence-electron chi connectivity index (χ1n) is 7.18. The van der Waals surface area contributed by atoms with Crippen molar-refractivity contribution in [2.45, 2.75) is 19.1 Å². The van der Waals surface area contributed by atoms with E-state index in [1.54, 1.807) is 19.2 Å². The van der Waals surface area contributed by atoms with Crippen molar-refractivity contribution in [1.82, 2.24) is 14.9 Å². The number of halogens is 2. The highest BCUT2D eigenvalue weighted by molar-refractivity contribution is 7.88. The third-order valence-corrected chi connectivity index (χ3v) is 5.15. The van der Waals surface area contributed by atoms with Gasteiger partial charge in [0.25, 0.3) is 0 Å². The SMILES string of the molecule is Cc1cc(CS(=O)(=O)NCCc2c[nH]c3cc(F)c(Cl)cc23)no1. The second-order valence-electron chi connectivity index (χ2n) is 5.46. The van der Waals surface area contributed by atoms with E-state index in [0.29, 0.717) is 23.4 Å². The molecule has 0 saturated heterocycles. The van der Waals surface area contributed by atoms with E-state index in [0.717, 1.165) is 10.9 Å². The largest absolute Gasteiger partial charge is 0.361 e. The van der Waals surface area contributed by atoms with Crippen LogP contribution in [0, 0.1) is 12.7 Å². The maximum absolute atomic E-state index is 13.4. The number of benzene rings is 1. The summed E-state index contributed by atoms with van der Waals surface area (Å²) < 4.78 is 44.8. The second kappa shape index (κ2) is 6.54. The summed E-state index contributed by atoms with van der Waals surface area (Å²) in [7, 11) is -3.51. The molecule has 0 saturated carbocycles. The molecule has 2 heterocycles. The minimum atomic E-state index is -3.51. The summed E-state index contributed by atoms with van der Waals surface area (Å²) in [5.41, 5.74) is 1.83. The summed E-state index contributed by atoms with van der Waals surface area (Å²) in [5, 5.41) is 4.47. The molecule has 0 aliphatic heterocycles. The van der Waals surface area contributed by atoms with Gasteiger partial charge in [-0.3, -0.25) is 0 Å². The van der Waals surface area contributed by atoms with Crippen molar-refractivity contribution < 1.29 is 17.3 Å². The minimum Gasteiger partial charge on any atom is -0.361 e. The molecule has 128 valence electrons. The monoisotopic (exact) mass is 371 g/mol. The average molecular weight is 372 g/mol. The van der Waals surface area contributed by atoms with Gasteiger partial charge in [-0.15, -0.1) is 0 Å². The van der Waals surface area contributed by atoms with Crippen molar-refractivity contribution in [3.05, 3.63) is 52.3 Å². The zero-order chi connectivity index (χ0) is 17.3.